The highest BCUT2D eigenvalue weighted by atomic mass is 16.1. The van der Waals surface area contributed by atoms with Gasteiger partial charge in [-0.05, 0) is 49.7 Å². The van der Waals surface area contributed by atoms with Gasteiger partial charge < -0.3 is 11.1 Å². The van der Waals surface area contributed by atoms with Crippen molar-refractivity contribution in [2.24, 2.45) is 11.7 Å². The van der Waals surface area contributed by atoms with Crippen molar-refractivity contribution in [1.29, 1.82) is 0 Å². The second-order valence-corrected chi connectivity index (χ2v) is 5.42. The fourth-order valence-electron chi connectivity index (χ4n) is 2.77. The molecular formula is C15H22N3O. The summed E-state index contributed by atoms with van der Waals surface area (Å²) in [5.74, 6) is 0.591. The monoisotopic (exact) mass is 260 g/mol. The van der Waals surface area contributed by atoms with Crippen LogP contribution in [0, 0.1) is 5.92 Å². The molecule has 4 nitrogen and oxygen atoms in total. The van der Waals surface area contributed by atoms with Crippen LogP contribution in [0.1, 0.15) is 37.7 Å². The Labute approximate surface area is 114 Å². The zero-order valence-corrected chi connectivity index (χ0v) is 11.2. The maximum Gasteiger partial charge on any atom is 0.216 e. The van der Waals surface area contributed by atoms with E-state index in [0.29, 0.717) is 12.0 Å². The molecule has 1 aromatic heterocycles. The quantitative estimate of drug-likeness (QED) is 0.814. The van der Waals surface area contributed by atoms with Gasteiger partial charge in [0.2, 0.25) is 6.29 Å². The summed E-state index contributed by atoms with van der Waals surface area (Å²) in [7, 11) is 0. The second-order valence-electron chi connectivity index (χ2n) is 5.42. The minimum Gasteiger partial charge on any atom is -0.321 e. The average molecular weight is 260 g/mol. The third kappa shape index (κ3) is 4.73. The van der Waals surface area contributed by atoms with E-state index in [0.717, 1.165) is 38.6 Å². The molecule has 4 heteroatoms. The number of nitrogens with two attached hydrogens (primary N) is 1. The summed E-state index contributed by atoms with van der Waals surface area (Å²) in [6.45, 7) is 0.880. The Morgan fingerprint density at radius 1 is 1.42 bits per heavy atom. The van der Waals surface area contributed by atoms with Crippen molar-refractivity contribution >= 4 is 6.29 Å². The summed E-state index contributed by atoms with van der Waals surface area (Å²) in [4.78, 5) is 14.5. The Morgan fingerprint density at radius 3 is 2.84 bits per heavy atom. The number of nitrogens with zero attached hydrogens (tertiary/aromatic N) is 1. The van der Waals surface area contributed by atoms with Gasteiger partial charge in [-0.25, -0.2) is 0 Å². The van der Waals surface area contributed by atoms with Gasteiger partial charge in [-0.3, -0.25) is 9.78 Å². The van der Waals surface area contributed by atoms with E-state index in [9.17, 15) is 4.79 Å². The molecule has 0 spiro atoms. The zero-order chi connectivity index (χ0) is 13.5. The predicted molar refractivity (Wildman–Crippen MR) is 75.1 cm³/mol. The van der Waals surface area contributed by atoms with Crippen molar-refractivity contribution in [3.05, 3.63) is 30.1 Å². The molecule has 0 saturated heterocycles. The van der Waals surface area contributed by atoms with Crippen molar-refractivity contribution in [2.75, 3.05) is 0 Å². The van der Waals surface area contributed by atoms with Crippen LogP contribution in [0.5, 0.6) is 0 Å². The largest absolute Gasteiger partial charge is 0.321 e. The van der Waals surface area contributed by atoms with Crippen LogP contribution in [-0.4, -0.2) is 23.4 Å². The molecule has 1 aromatic rings. The summed E-state index contributed by atoms with van der Waals surface area (Å²) in [5, 5.41) is 3.58. The molecule has 0 aromatic carbocycles. The summed E-state index contributed by atoms with van der Waals surface area (Å²) in [5.41, 5.74) is 6.85. The molecule has 1 fully saturated rings. The van der Waals surface area contributed by atoms with Crippen molar-refractivity contribution < 1.29 is 4.79 Å². The molecule has 1 atom stereocenters. The average Bonchev–Trinajstić information content (AvgIpc) is 2.47. The van der Waals surface area contributed by atoms with Crippen LogP contribution in [0.25, 0.3) is 0 Å². The van der Waals surface area contributed by atoms with Crippen LogP contribution in [0.3, 0.4) is 0 Å². The first kappa shape index (κ1) is 14.2. The van der Waals surface area contributed by atoms with Crippen molar-refractivity contribution in [1.82, 2.24) is 10.3 Å². The molecule has 1 heterocycles. The minimum atomic E-state index is -0.398. The zero-order valence-electron chi connectivity index (χ0n) is 11.2. The molecule has 2 rings (SSSR count). The normalized spacial score (nSPS) is 24.9. The van der Waals surface area contributed by atoms with Gasteiger partial charge in [0.25, 0.3) is 0 Å². The Kier molecular flexibility index (Phi) is 5.48. The van der Waals surface area contributed by atoms with E-state index >= 15 is 0 Å². The van der Waals surface area contributed by atoms with Crippen LogP contribution in [0.2, 0.25) is 0 Å². The highest BCUT2D eigenvalue weighted by Crippen LogP contribution is 2.27. The van der Waals surface area contributed by atoms with Gasteiger partial charge in [0, 0.05) is 25.0 Å². The molecule has 0 bridgehead atoms. The molecule has 1 radical (unpaired) electrons. The maximum absolute atomic E-state index is 10.4. The smallest absolute Gasteiger partial charge is 0.216 e. The molecule has 0 unspecified atom stereocenters. The van der Waals surface area contributed by atoms with E-state index in [1.165, 1.54) is 5.56 Å². The van der Waals surface area contributed by atoms with E-state index in [2.05, 4.69) is 16.4 Å². The standard InChI is InChI=1S/C15H22N3O/c16-14(11-19)8-12-3-5-15(6-4-12)18-10-13-2-1-7-17-9-13/h1-2,7,9,12,14-15,18H,3-6,8,10,16H2/t12?,14-,15?/m1/s1. The van der Waals surface area contributed by atoms with Crippen molar-refractivity contribution in [3.63, 3.8) is 0 Å². The Hall–Kier alpha value is -1.26. The highest BCUT2D eigenvalue weighted by Gasteiger charge is 2.22. The number of rotatable bonds is 6. The molecule has 0 aliphatic heterocycles. The molecule has 1 aliphatic rings. The lowest BCUT2D eigenvalue weighted by molar-refractivity contribution is 0.275. The fraction of sp³-hybridized carbons (Fsp3) is 0.600. The van der Waals surface area contributed by atoms with Gasteiger partial charge >= 0.3 is 0 Å². The SMILES string of the molecule is N[C@@H]([C]=O)CC1CCC(NCc2cccnc2)CC1. The topological polar surface area (TPSA) is 68.0 Å². The lowest BCUT2D eigenvalue weighted by Crippen LogP contribution is -2.34. The number of pyridine rings is 1. The second kappa shape index (κ2) is 7.36. The van der Waals surface area contributed by atoms with Gasteiger partial charge in [0.1, 0.15) is 0 Å². The third-order valence-corrected chi connectivity index (χ3v) is 3.90. The fourth-order valence-corrected chi connectivity index (χ4v) is 2.77. The molecular weight excluding hydrogens is 238 g/mol. The lowest BCUT2D eigenvalue weighted by Gasteiger charge is -2.29. The molecule has 0 amide bonds. The molecule has 1 aliphatic carbocycles. The van der Waals surface area contributed by atoms with Crippen molar-refractivity contribution in [2.45, 2.75) is 50.7 Å². The summed E-state index contributed by atoms with van der Waals surface area (Å²) in [6, 6.07) is 4.23. The molecule has 103 valence electrons. The number of hydrogen-bond acceptors (Lipinski definition) is 4. The molecule has 19 heavy (non-hydrogen) atoms. The van der Waals surface area contributed by atoms with E-state index in [-0.39, 0.29) is 0 Å². The Balaban J connectivity index is 1.67. The molecule has 1 saturated carbocycles. The van der Waals surface area contributed by atoms with Gasteiger partial charge in [-0.2, -0.15) is 0 Å². The minimum absolute atomic E-state index is 0.398. The van der Waals surface area contributed by atoms with Gasteiger partial charge in [-0.15, -0.1) is 0 Å². The van der Waals surface area contributed by atoms with Crippen LogP contribution in [0.15, 0.2) is 24.5 Å². The number of nitrogens with one attached hydrogen (secondary N) is 1. The first-order valence-electron chi connectivity index (χ1n) is 7.03. The van der Waals surface area contributed by atoms with E-state index < -0.39 is 6.04 Å². The van der Waals surface area contributed by atoms with Gasteiger partial charge in [-0.1, -0.05) is 6.07 Å². The van der Waals surface area contributed by atoms with E-state index in [1.807, 2.05) is 18.5 Å². The van der Waals surface area contributed by atoms with Gasteiger partial charge in [0.15, 0.2) is 0 Å². The van der Waals surface area contributed by atoms with Crippen LogP contribution in [0.4, 0.5) is 0 Å². The Bertz CT molecular complexity index is 374. The predicted octanol–water partition coefficient (Wildman–Crippen LogP) is 1.56. The number of carbonyl (C=O) groups excluding carboxylic acids is 1. The van der Waals surface area contributed by atoms with Crippen LogP contribution >= 0.6 is 0 Å². The van der Waals surface area contributed by atoms with Crippen molar-refractivity contribution in [3.8, 4) is 0 Å². The Morgan fingerprint density at radius 2 is 2.21 bits per heavy atom. The molecule has 3 N–H and O–H groups in total. The summed E-state index contributed by atoms with van der Waals surface area (Å²) in [6.07, 6.45) is 11.0. The summed E-state index contributed by atoms with van der Waals surface area (Å²) < 4.78 is 0. The number of aromatic nitrogens is 1. The summed E-state index contributed by atoms with van der Waals surface area (Å²) >= 11 is 0. The first-order valence-corrected chi connectivity index (χ1v) is 7.03. The van der Waals surface area contributed by atoms with E-state index in [4.69, 9.17) is 5.73 Å². The number of hydrogen-bond donors (Lipinski definition) is 2. The van der Waals surface area contributed by atoms with Gasteiger partial charge in [0.05, 0.1) is 6.04 Å². The lowest BCUT2D eigenvalue weighted by atomic mass is 9.82. The van der Waals surface area contributed by atoms with Crippen LogP contribution < -0.4 is 11.1 Å². The third-order valence-electron chi connectivity index (χ3n) is 3.90. The highest BCUT2D eigenvalue weighted by molar-refractivity contribution is 5.57. The van der Waals surface area contributed by atoms with Crippen LogP contribution in [-0.2, 0) is 11.3 Å². The van der Waals surface area contributed by atoms with E-state index in [1.54, 1.807) is 6.20 Å². The maximum atomic E-state index is 10.4. The first-order chi connectivity index (χ1) is 9.28.